The van der Waals surface area contributed by atoms with Crippen LogP contribution >= 0.6 is 15.9 Å². The summed E-state index contributed by atoms with van der Waals surface area (Å²) >= 11 is 3.35. The molecular formula is C14H12BrN3O3. The summed E-state index contributed by atoms with van der Waals surface area (Å²) in [5.41, 5.74) is 1.18. The molecule has 21 heavy (non-hydrogen) atoms. The van der Waals surface area contributed by atoms with E-state index >= 15 is 0 Å². The van der Waals surface area contributed by atoms with E-state index in [2.05, 4.69) is 21.2 Å². The minimum absolute atomic E-state index is 0.0424. The number of pyridine rings is 1. The number of anilines is 1. The van der Waals surface area contributed by atoms with Crippen molar-refractivity contribution in [3.05, 3.63) is 66.4 Å². The fraction of sp³-hybridized carbons (Fsp3) is 0.214. The molecule has 0 bridgehead atoms. The molecule has 6 nitrogen and oxygen atoms in total. The lowest BCUT2D eigenvalue weighted by Crippen LogP contribution is -2.23. The lowest BCUT2D eigenvalue weighted by atomic mass is 10.1. The molecule has 1 aliphatic rings. The summed E-state index contributed by atoms with van der Waals surface area (Å²) in [6.07, 6.45) is 0.382. The number of halogens is 1. The third kappa shape index (κ3) is 2.56. The third-order valence-electron chi connectivity index (χ3n) is 3.48. The van der Waals surface area contributed by atoms with Gasteiger partial charge in [0.25, 0.3) is 5.56 Å². The van der Waals surface area contributed by atoms with Crippen LogP contribution in [0.1, 0.15) is 11.1 Å². The lowest BCUT2D eigenvalue weighted by Gasteiger charge is -2.07. The minimum Gasteiger partial charge on any atom is -0.364 e. The van der Waals surface area contributed by atoms with Gasteiger partial charge in [0.2, 0.25) is 0 Å². The van der Waals surface area contributed by atoms with Crippen LogP contribution in [0.2, 0.25) is 0 Å². The fourth-order valence-corrected chi connectivity index (χ4v) is 2.75. The summed E-state index contributed by atoms with van der Waals surface area (Å²) in [5.74, 6) is 0.310. The first kappa shape index (κ1) is 13.8. The average Bonchev–Trinajstić information content (AvgIpc) is 2.93. The van der Waals surface area contributed by atoms with E-state index in [1.807, 2.05) is 24.3 Å². The molecule has 1 N–H and O–H groups in total. The second-order valence-electron chi connectivity index (χ2n) is 4.85. The molecule has 0 unspecified atom stereocenters. The Balaban J connectivity index is 2.06. The molecule has 1 aromatic carbocycles. The van der Waals surface area contributed by atoms with Crippen LogP contribution < -0.4 is 10.9 Å². The molecule has 0 amide bonds. The van der Waals surface area contributed by atoms with Gasteiger partial charge in [-0.15, -0.1) is 0 Å². The first-order valence-electron chi connectivity index (χ1n) is 6.45. The molecule has 0 spiro atoms. The van der Waals surface area contributed by atoms with Gasteiger partial charge >= 0.3 is 5.69 Å². The SMILES string of the molecule is O=c1c(Cc2ccc(Br)cc2)cc([N+](=O)[O-])c2n1CCN2. The quantitative estimate of drug-likeness (QED) is 0.682. The summed E-state index contributed by atoms with van der Waals surface area (Å²) in [6.45, 7) is 1.00. The highest BCUT2D eigenvalue weighted by Crippen LogP contribution is 2.27. The largest absolute Gasteiger partial charge is 0.364 e. The maximum absolute atomic E-state index is 12.4. The Kier molecular flexibility index (Phi) is 3.50. The average molecular weight is 350 g/mol. The van der Waals surface area contributed by atoms with E-state index in [0.29, 0.717) is 30.9 Å². The molecule has 2 heterocycles. The monoisotopic (exact) mass is 349 g/mol. The highest BCUT2D eigenvalue weighted by atomic mass is 79.9. The Morgan fingerprint density at radius 1 is 1.33 bits per heavy atom. The van der Waals surface area contributed by atoms with Crippen molar-refractivity contribution in [3.63, 3.8) is 0 Å². The molecule has 0 atom stereocenters. The van der Waals surface area contributed by atoms with Crippen molar-refractivity contribution in [2.45, 2.75) is 13.0 Å². The van der Waals surface area contributed by atoms with Crippen molar-refractivity contribution < 1.29 is 4.92 Å². The van der Waals surface area contributed by atoms with Gasteiger partial charge in [-0.2, -0.15) is 0 Å². The summed E-state index contributed by atoms with van der Waals surface area (Å²) in [7, 11) is 0. The van der Waals surface area contributed by atoms with E-state index in [-0.39, 0.29) is 11.2 Å². The molecule has 108 valence electrons. The minimum atomic E-state index is -0.450. The molecule has 0 saturated carbocycles. The van der Waals surface area contributed by atoms with Gasteiger partial charge in [0, 0.05) is 35.6 Å². The van der Waals surface area contributed by atoms with Crippen molar-refractivity contribution in [3.8, 4) is 0 Å². The van der Waals surface area contributed by atoms with Gasteiger partial charge in [-0.1, -0.05) is 28.1 Å². The Bertz CT molecular complexity index is 768. The summed E-state index contributed by atoms with van der Waals surface area (Å²) in [6, 6.07) is 8.94. The van der Waals surface area contributed by atoms with Crippen LogP contribution in [-0.4, -0.2) is 16.0 Å². The number of hydrogen-bond acceptors (Lipinski definition) is 4. The molecule has 0 saturated heterocycles. The Labute approximate surface area is 128 Å². The normalized spacial score (nSPS) is 12.8. The van der Waals surface area contributed by atoms with Gasteiger partial charge in [-0.05, 0) is 17.7 Å². The molecule has 3 rings (SSSR count). The van der Waals surface area contributed by atoms with Crippen LogP contribution in [0.25, 0.3) is 0 Å². The van der Waals surface area contributed by atoms with Gasteiger partial charge in [0.15, 0.2) is 5.82 Å². The van der Waals surface area contributed by atoms with Crippen molar-refractivity contribution in [1.82, 2.24) is 4.57 Å². The first-order valence-corrected chi connectivity index (χ1v) is 7.25. The first-order chi connectivity index (χ1) is 10.1. The maximum atomic E-state index is 12.4. The number of nitro groups is 1. The Hall–Kier alpha value is -2.15. The van der Waals surface area contributed by atoms with Crippen molar-refractivity contribution in [2.24, 2.45) is 0 Å². The van der Waals surface area contributed by atoms with Crippen molar-refractivity contribution in [1.29, 1.82) is 0 Å². The van der Waals surface area contributed by atoms with Gasteiger partial charge in [-0.3, -0.25) is 19.5 Å². The zero-order chi connectivity index (χ0) is 15.0. The highest BCUT2D eigenvalue weighted by molar-refractivity contribution is 9.10. The molecule has 0 radical (unpaired) electrons. The number of nitrogens with one attached hydrogen (secondary N) is 1. The summed E-state index contributed by atoms with van der Waals surface area (Å²) in [5, 5.41) is 14.1. The van der Waals surface area contributed by atoms with Crippen LogP contribution in [-0.2, 0) is 13.0 Å². The number of benzene rings is 1. The Morgan fingerprint density at radius 3 is 2.71 bits per heavy atom. The zero-order valence-corrected chi connectivity index (χ0v) is 12.6. The predicted molar refractivity (Wildman–Crippen MR) is 82.8 cm³/mol. The smallest absolute Gasteiger partial charge is 0.310 e. The van der Waals surface area contributed by atoms with Gasteiger partial charge in [0.1, 0.15) is 0 Å². The number of hydrogen-bond donors (Lipinski definition) is 1. The van der Waals surface area contributed by atoms with E-state index in [0.717, 1.165) is 10.0 Å². The third-order valence-corrected chi connectivity index (χ3v) is 4.00. The molecule has 2 aromatic rings. The number of fused-ring (bicyclic) bond motifs is 1. The molecule has 0 aliphatic carbocycles. The van der Waals surface area contributed by atoms with E-state index in [1.165, 1.54) is 10.6 Å². The Morgan fingerprint density at radius 2 is 2.05 bits per heavy atom. The number of rotatable bonds is 3. The molecular weight excluding hydrogens is 338 g/mol. The maximum Gasteiger partial charge on any atom is 0.310 e. The predicted octanol–water partition coefficient (Wildman–Crippen LogP) is 2.54. The second-order valence-corrected chi connectivity index (χ2v) is 5.76. The van der Waals surface area contributed by atoms with Crippen LogP contribution in [0.15, 0.2) is 39.6 Å². The van der Waals surface area contributed by atoms with Crippen LogP contribution in [0, 0.1) is 10.1 Å². The second kappa shape index (κ2) is 5.33. The van der Waals surface area contributed by atoms with E-state index in [4.69, 9.17) is 0 Å². The summed E-state index contributed by atoms with van der Waals surface area (Å²) in [4.78, 5) is 23.1. The molecule has 1 aromatic heterocycles. The van der Waals surface area contributed by atoms with Crippen molar-refractivity contribution in [2.75, 3.05) is 11.9 Å². The van der Waals surface area contributed by atoms with Crippen LogP contribution in [0.3, 0.4) is 0 Å². The van der Waals surface area contributed by atoms with Crippen molar-refractivity contribution >= 4 is 27.4 Å². The molecule has 7 heteroatoms. The van der Waals surface area contributed by atoms with Crippen LogP contribution in [0.4, 0.5) is 11.5 Å². The number of aromatic nitrogens is 1. The standard InChI is InChI=1S/C14H12BrN3O3/c15-11-3-1-9(2-4-11)7-10-8-12(18(20)21)13-16-5-6-17(13)14(10)19/h1-4,8,16H,5-7H2. The molecule has 0 fully saturated rings. The lowest BCUT2D eigenvalue weighted by molar-refractivity contribution is -0.384. The van der Waals surface area contributed by atoms with E-state index < -0.39 is 4.92 Å². The zero-order valence-electron chi connectivity index (χ0n) is 11.0. The van der Waals surface area contributed by atoms with E-state index in [9.17, 15) is 14.9 Å². The van der Waals surface area contributed by atoms with Gasteiger partial charge in [-0.25, -0.2) is 0 Å². The van der Waals surface area contributed by atoms with Gasteiger partial charge < -0.3 is 5.32 Å². The summed E-state index contributed by atoms with van der Waals surface area (Å²) < 4.78 is 2.40. The number of nitrogens with zero attached hydrogens (tertiary/aromatic N) is 2. The highest BCUT2D eigenvalue weighted by Gasteiger charge is 2.25. The fourth-order valence-electron chi connectivity index (χ4n) is 2.48. The molecule has 1 aliphatic heterocycles. The van der Waals surface area contributed by atoms with Gasteiger partial charge in [0.05, 0.1) is 4.92 Å². The van der Waals surface area contributed by atoms with E-state index in [1.54, 1.807) is 0 Å². The van der Waals surface area contributed by atoms with Crippen LogP contribution in [0.5, 0.6) is 0 Å². The topological polar surface area (TPSA) is 77.2 Å².